The van der Waals surface area contributed by atoms with Crippen molar-refractivity contribution >= 4 is 23.8 Å². The molecule has 3 atom stereocenters. The number of aliphatic carboxylic acids is 2. The van der Waals surface area contributed by atoms with Crippen molar-refractivity contribution in [3.8, 4) is 11.1 Å². The Hall–Kier alpha value is -4.62. The molecule has 6 N–H and O–H groups in total. The molecule has 13 heteroatoms. The molecule has 0 aliphatic carbocycles. The first-order valence-corrected chi connectivity index (χ1v) is 14.2. The van der Waals surface area contributed by atoms with E-state index in [4.69, 9.17) is 5.73 Å². The summed E-state index contributed by atoms with van der Waals surface area (Å²) in [5, 5.41) is 31.7. The first-order valence-electron chi connectivity index (χ1n) is 14.2. The lowest BCUT2D eigenvalue weighted by Gasteiger charge is -2.41. The highest BCUT2D eigenvalue weighted by atomic mass is 19.1. The van der Waals surface area contributed by atoms with Gasteiger partial charge in [-0.1, -0.05) is 51.1 Å². The molecule has 3 rings (SSSR count). The van der Waals surface area contributed by atoms with Crippen LogP contribution in [0.4, 0.5) is 8.78 Å². The van der Waals surface area contributed by atoms with Gasteiger partial charge in [-0.05, 0) is 41.7 Å². The Balaban J connectivity index is 2.11. The number of benzene rings is 2. The molecule has 45 heavy (non-hydrogen) atoms. The van der Waals surface area contributed by atoms with Gasteiger partial charge in [-0.2, -0.15) is 0 Å². The lowest BCUT2D eigenvalue weighted by Crippen LogP contribution is -2.51. The van der Waals surface area contributed by atoms with Crippen LogP contribution in [0.1, 0.15) is 50.9 Å². The fraction of sp³-hybridized carbons (Fsp3) is 0.375. The van der Waals surface area contributed by atoms with E-state index in [0.717, 1.165) is 23.8 Å². The van der Waals surface area contributed by atoms with Gasteiger partial charge in [0.25, 0.3) is 0 Å². The van der Waals surface area contributed by atoms with Gasteiger partial charge in [-0.3, -0.25) is 24.5 Å². The number of carboxylic acids is 2. The molecule has 0 bridgehead atoms. The van der Waals surface area contributed by atoms with Crippen LogP contribution in [0.5, 0.6) is 0 Å². The second-order valence-electron chi connectivity index (χ2n) is 11.8. The number of hydrogen-bond acceptors (Lipinski definition) is 6. The predicted molar refractivity (Wildman–Crippen MR) is 161 cm³/mol. The number of halogens is 2. The van der Waals surface area contributed by atoms with Crippen LogP contribution in [0.15, 0.2) is 60.8 Å². The summed E-state index contributed by atoms with van der Waals surface area (Å²) in [6.07, 6.45) is 0.680. The molecule has 0 saturated heterocycles. The van der Waals surface area contributed by atoms with E-state index in [1.54, 1.807) is 16.8 Å². The topological polar surface area (TPSA) is 175 Å². The van der Waals surface area contributed by atoms with E-state index in [2.05, 4.69) is 5.32 Å². The Bertz CT molecular complexity index is 1520. The number of carbonyl (C=O) groups excluding carboxylic acids is 2. The first kappa shape index (κ1) is 34.9. The third-order valence-corrected chi connectivity index (χ3v) is 7.30. The highest BCUT2D eigenvalue weighted by Gasteiger charge is 2.38. The summed E-state index contributed by atoms with van der Waals surface area (Å²) >= 11 is 0. The van der Waals surface area contributed by atoms with Crippen LogP contribution < -0.4 is 11.1 Å². The van der Waals surface area contributed by atoms with Crippen molar-refractivity contribution in [2.45, 2.75) is 58.3 Å². The van der Waals surface area contributed by atoms with Crippen LogP contribution in [-0.2, 0) is 25.7 Å². The number of nitrogens with one attached hydrogen (secondary N) is 1. The van der Waals surface area contributed by atoms with E-state index < -0.39 is 72.0 Å². The number of rotatable bonds is 15. The van der Waals surface area contributed by atoms with Gasteiger partial charge in [0.15, 0.2) is 0 Å². The third kappa shape index (κ3) is 9.19. The Kier molecular flexibility index (Phi) is 11.5. The number of carbonyl (C=O) groups is 4. The fourth-order valence-electron chi connectivity index (χ4n) is 5.31. The number of nitrogens with zero attached hydrogens (tertiary/aromatic N) is 2. The molecule has 0 radical (unpaired) electrons. The number of nitrogens with two attached hydrogens (primary N) is 1. The Morgan fingerprint density at radius 2 is 1.62 bits per heavy atom. The molecule has 0 aliphatic rings. The molecule has 2 amide bonds. The summed E-state index contributed by atoms with van der Waals surface area (Å²) in [6, 6.07) is 10.1. The molecule has 2 aromatic carbocycles. The van der Waals surface area contributed by atoms with Crippen molar-refractivity contribution in [3.63, 3.8) is 0 Å². The molecule has 0 spiro atoms. The van der Waals surface area contributed by atoms with Gasteiger partial charge in [0.1, 0.15) is 30.3 Å². The van der Waals surface area contributed by atoms with Gasteiger partial charge < -0.3 is 30.5 Å². The summed E-state index contributed by atoms with van der Waals surface area (Å²) in [5.74, 6) is -5.89. The molecule has 1 heterocycles. The SMILES string of the molecule is CC(C)(C)[C@H](c1cc(-c2cc(F)ccc2F)cn1Cc1ccccc1)N(CC[C@H](N[C@@H](CC(N)=O)C(=O)O)C(=O)O)C(=O)CO. The lowest BCUT2D eigenvalue weighted by atomic mass is 9.82. The van der Waals surface area contributed by atoms with Crippen LogP contribution in [0, 0.1) is 17.0 Å². The van der Waals surface area contributed by atoms with Crippen LogP contribution >= 0.6 is 0 Å². The monoisotopic (exact) mass is 628 g/mol. The van der Waals surface area contributed by atoms with E-state index in [-0.39, 0.29) is 25.1 Å². The van der Waals surface area contributed by atoms with Crippen molar-refractivity contribution in [1.82, 2.24) is 14.8 Å². The van der Waals surface area contributed by atoms with Gasteiger partial charge in [0.05, 0.1) is 12.5 Å². The van der Waals surface area contributed by atoms with Crippen LogP contribution in [0.3, 0.4) is 0 Å². The molecule has 11 nitrogen and oxygen atoms in total. The van der Waals surface area contributed by atoms with Crippen molar-refractivity contribution in [1.29, 1.82) is 0 Å². The average molecular weight is 629 g/mol. The maximum Gasteiger partial charge on any atom is 0.321 e. The average Bonchev–Trinajstić information content (AvgIpc) is 3.36. The minimum Gasteiger partial charge on any atom is -0.480 e. The minimum atomic E-state index is -1.59. The highest BCUT2D eigenvalue weighted by Crippen LogP contribution is 2.41. The number of hydrogen-bond donors (Lipinski definition) is 5. The van der Waals surface area contributed by atoms with Gasteiger partial charge >= 0.3 is 11.9 Å². The van der Waals surface area contributed by atoms with E-state index in [0.29, 0.717) is 11.3 Å². The normalized spacial score (nSPS) is 13.6. The van der Waals surface area contributed by atoms with Gasteiger partial charge in [0, 0.05) is 36.1 Å². The maximum absolute atomic E-state index is 14.9. The molecule has 1 aromatic heterocycles. The third-order valence-electron chi connectivity index (χ3n) is 7.30. The van der Waals surface area contributed by atoms with Crippen molar-refractivity contribution in [3.05, 3.63) is 83.7 Å². The Morgan fingerprint density at radius 1 is 0.978 bits per heavy atom. The fourth-order valence-corrected chi connectivity index (χ4v) is 5.31. The summed E-state index contributed by atoms with van der Waals surface area (Å²) in [4.78, 5) is 49.7. The summed E-state index contributed by atoms with van der Waals surface area (Å²) in [6.45, 7) is 4.61. The van der Waals surface area contributed by atoms with E-state index in [9.17, 15) is 43.3 Å². The largest absolute Gasteiger partial charge is 0.480 e. The smallest absolute Gasteiger partial charge is 0.321 e. The van der Waals surface area contributed by atoms with Crippen LogP contribution in [0.25, 0.3) is 11.1 Å². The molecular weight excluding hydrogens is 590 g/mol. The number of aromatic nitrogens is 1. The summed E-state index contributed by atoms with van der Waals surface area (Å²) in [7, 11) is 0. The van der Waals surface area contributed by atoms with Gasteiger partial charge in [-0.15, -0.1) is 0 Å². The van der Waals surface area contributed by atoms with E-state index in [1.165, 1.54) is 4.90 Å². The molecule has 3 aromatic rings. The quantitative estimate of drug-likeness (QED) is 0.171. The summed E-state index contributed by atoms with van der Waals surface area (Å²) in [5.41, 5.74) is 6.09. The van der Waals surface area contributed by atoms with Crippen LogP contribution in [-0.4, -0.2) is 73.8 Å². The zero-order valence-electron chi connectivity index (χ0n) is 25.2. The second kappa shape index (κ2) is 14.9. The minimum absolute atomic E-state index is 0.0000557. The van der Waals surface area contributed by atoms with Crippen molar-refractivity contribution in [2.24, 2.45) is 11.1 Å². The predicted octanol–water partition coefficient (Wildman–Crippen LogP) is 3.15. The standard InChI is InChI=1S/C32H38F2N4O7/c1-32(2,3)29(38(28(41)18-39)12-11-24(30(42)43)36-25(31(44)45)15-27(35)40)26-13-20(22-14-21(33)9-10-23(22)34)17-37(26)16-19-7-5-4-6-8-19/h4-10,13-14,17,24-25,29,36,39H,11-12,15-16,18H2,1-3H3,(H2,35,40)(H,42,43)(H,44,45)/t24-,25-,29-/m0/s1. The number of primary amides is 1. The van der Waals surface area contributed by atoms with Crippen molar-refractivity contribution < 1.29 is 43.3 Å². The number of aliphatic hydroxyl groups excluding tert-OH is 1. The van der Waals surface area contributed by atoms with Crippen LogP contribution in [0.2, 0.25) is 0 Å². The molecule has 0 aliphatic heterocycles. The molecule has 0 saturated carbocycles. The molecule has 0 unspecified atom stereocenters. The Morgan fingerprint density at radius 3 is 2.18 bits per heavy atom. The zero-order valence-corrected chi connectivity index (χ0v) is 25.2. The lowest BCUT2D eigenvalue weighted by molar-refractivity contribution is -0.145. The van der Waals surface area contributed by atoms with E-state index >= 15 is 0 Å². The van der Waals surface area contributed by atoms with Gasteiger partial charge in [0.2, 0.25) is 11.8 Å². The molecule has 0 fully saturated rings. The molecular formula is C32H38F2N4O7. The summed E-state index contributed by atoms with van der Waals surface area (Å²) < 4.78 is 30.9. The number of amides is 2. The maximum atomic E-state index is 14.9. The first-order chi connectivity index (χ1) is 21.1. The number of carboxylic acid groups (broad SMARTS) is 2. The van der Waals surface area contributed by atoms with Gasteiger partial charge in [-0.25, -0.2) is 8.78 Å². The molecule has 242 valence electrons. The Labute approximate surface area is 259 Å². The van der Waals surface area contributed by atoms with E-state index in [1.807, 2.05) is 51.1 Å². The second-order valence-corrected chi connectivity index (χ2v) is 11.8. The number of aliphatic hydroxyl groups is 1. The highest BCUT2D eigenvalue weighted by molar-refractivity contribution is 5.84. The van der Waals surface area contributed by atoms with Crippen molar-refractivity contribution in [2.75, 3.05) is 13.2 Å². The zero-order chi connectivity index (χ0) is 33.5.